The molecule has 1 aromatic heterocycles. The molecular weight excluding hydrogens is 280 g/mol. The van der Waals surface area contributed by atoms with Crippen LogP contribution in [0.15, 0.2) is 10.7 Å². The predicted octanol–water partition coefficient (Wildman–Crippen LogP) is 3.85. The third-order valence-electron chi connectivity index (χ3n) is 3.67. The highest BCUT2D eigenvalue weighted by Gasteiger charge is 2.33. The second-order valence-electron chi connectivity index (χ2n) is 5.26. The second-order valence-corrected chi connectivity index (χ2v) is 6.11. The van der Waals surface area contributed by atoms with E-state index < -0.39 is 0 Å². The van der Waals surface area contributed by atoms with Gasteiger partial charge in [0.05, 0.1) is 10.7 Å². The molecular formula is C13H19BrN2O. The first-order valence-electron chi connectivity index (χ1n) is 6.29. The Labute approximate surface area is 111 Å². The topological polar surface area (TPSA) is 34.9 Å². The molecule has 2 rings (SSSR count). The molecule has 94 valence electrons. The Morgan fingerprint density at radius 1 is 1.53 bits per heavy atom. The highest BCUT2D eigenvalue weighted by Crippen LogP contribution is 2.35. The van der Waals surface area contributed by atoms with E-state index in [0.717, 1.165) is 16.6 Å². The lowest BCUT2D eigenvalue weighted by molar-refractivity contribution is 0.0883. The van der Waals surface area contributed by atoms with E-state index in [1.807, 2.05) is 18.5 Å². The van der Waals surface area contributed by atoms with Crippen LogP contribution < -0.4 is 0 Å². The van der Waals surface area contributed by atoms with Gasteiger partial charge in [0.15, 0.2) is 5.78 Å². The molecule has 2 unspecified atom stereocenters. The first-order valence-corrected chi connectivity index (χ1v) is 7.09. The van der Waals surface area contributed by atoms with Gasteiger partial charge in [-0.1, -0.05) is 13.3 Å². The van der Waals surface area contributed by atoms with Gasteiger partial charge in [0, 0.05) is 12.0 Å². The molecule has 0 aromatic carbocycles. The molecule has 0 saturated heterocycles. The highest BCUT2D eigenvalue weighted by atomic mass is 79.9. The number of hydrogen-bond acceptors (Lipinski definition) is 2. The summed E-state index contributed by atoms with van der Waals surface area (Å²) in [5.41, 5.74) is 0.749. The van der Waals surface area contributed by atoms with Crippen molar-refractivity contribution >= 4 is 21.7 Å². The van der Waals surface area contributed by atoms with Crippen LogP contribution in [-0.4, -0.2) is 15.6 Å². The molecule has 1 aromatic rings. The fourth-order valence-corrected chi connectivity index (χ4v) is 3.14. The number of halogens is 1. The summed E-state index contributed by atoms with van der Waals surface area (Å²) in [5.74, 6) is 0.943. The van der Waals surface area contributed by atoms with E-state index in [0.29, 0.717) is 5.92 Å². The normalized spacial score (nSPS) is 24.5. The van der Waals surface area contributed by atoms with Crippen molar-refractivity contribution in [1.29, 1.82) is 0 Å². The summed E-state index contributed by atoms with van der Waals surface area (Å²) in [5, 5.41) is 4.28. The van der Waals surface area contributed by atoms with Crippen LogP contribution in [-0.2, 0) is 0 Å². The standard InChI is InChI=1S/C13H19BrN2O/c1-8(2)16-12(11(14)7-15-16)13(17)10-6-4-5-9(10)3/h7-10H,4-6H2,1-3H3. The second kappa shape index (κ2) is 4.92. The lowest BCUT2D eigenvalue weighted by atomic mass is 9.92. The van der Waals surface area contributed by atoms with Gasteiger partial charge in [-0.05, 0) is 48.5 Å². The molecule has 1 saturated carbocycles. The maximum absolute atomic E-state index is 12.6. The van der Waals surface area contributed by atoms with Crippen molar-refractivity contribution in [2.75, 3.05) is 0 Å². The maximum Gasteiger partial charge on any atom is 0.185 e. The number of Topliss-reactive ketones (excluding diaryl/α,β-unsaturated/α-hetero) is 1. The van der Waals surface area contributed by atoms with Crippen molar-refractivity contribution in [3.8, 4) is 0 Å². The van der Waals surface area contributed by atoms with Crippen molar-refractivity contribution < 1.29 is 4.79 Å². The van der Waals surface area contributed by atoms with Gasteiger partial charge >= 0.3 is 0 Å². The van der Waals surface area contributed by atoms with Gasteiger partial charge in [-0.15, -0.1) is 0 Å². The van der Waals surface area contributed by atoms with E-state index in [1.165, 1.54) is 12.8 Å². The van der Waals surface area contributed by atoms with Crippen molar-refractivity contribution in [3.05, 3.63) is 16.4 Å². The number of ketones is 1. The van der Waals surface area contributed by atoms with Gasteiger partial charge in [-0.25, -0.2) is 0 Å². The van der Waals surface area contributed by atoms with Crippen LogP contribution in [0.2, 0.25) is 0 Å². The van der Waals surface area contributed by atoms with E-state index in [1.54, 1.807) is 6.20 Å². The SMILES string of the molecule is CC1CCCC1C(=O)c1c(Br)cnn1C(C)C. The summed E-state index contributed by atoms with van der Waals surface area (Å²) in [6.45, 7) is 6.28. The summed E-state index contributed by atoms with van der Waals surface area (Å²) in [4.78, 5) is 12.6. The van der Waals surface area contributed by atoms with Crippen LogP contribution >= 0.6 is 15.9 Å². The Kier molecular flexibility index (Phi) is 3.71. The Balaban J connectivity index is 2.33. The Bertz CT molecular complexity index is 425. The fraction of sp³-hybridized carbons (Fsp3) is 0.692. The summed E-state index contributed by atoms with van der Waals surface area (Å²) in [6, 6.07) is 0.219. The zero-order valence-electron chi connectivity index (χ0n) is 10.6. The van der Waals surface area contributed by atoms with Gasteiger partial charge in [0.25, 0.3) is 0 Å². The van der Waals surface area contributed by atoms with Crippen molar-refractivity contribution in [3.63, 3.8) is 0 Å². The van der Waals surface area contributed by atoms with Crippen LogP contribution in [0.4, 0.5) is 0 Å². The predicted molar refractivity (Wildman–Crippen MR) is 71.1 cm³/mol. The minimum Gasteiger partial charge on any atom is -0.292 e. The summed E-state index contributed by atoms with van der Waals surface area (Å²) >= 11 is 3.45. The first kappa shape index (κ1) is 12.8. The van der Waals surface area contributed by atoms with Gasteiger partial charge in [-0.2, -0.15) is 5.10 Å². The molecule has 0 bridgehead atoms. The summed E-state index contributed by atoms with van der Waals surface area (Å²) in [7, 11) is 0. The molecule has 3 nitrogen and oxygen atoms in total. The third-order valence-corrected chi connectivity index (χ3v) is 4.25. The van der Waals surface area contributed by atoms with Gasteiger partial charge < -0.3 is 0 Å². The minimum atomic E-state index is 0.181. The zero-order chi connectivity index (χ0) is 12.6. The lowest BCUT2D eigenvalue weighted by Crippen LogP contribution is -2.22. The first-order chi connectivity index (χ1) is 8.02. The van der Waals surface area contributed by atoms with E-state index in [4.69, 9.17) is 0 Å². The van der Waals surface area contributed by atoms with Crippen LogP contribution in [0, 0.1) is 11.8 Å². The molecule has 1 aliphatic rings. The summed E-state index contributed by atoms with van der Waals surface area (Å²) < 4.78 is 2.66. The molecule has 4 heteroatoms. The Morgan fingerprint density at radius 3 is 2.76 bits per heavy atom. The molecule has 1 heterocycles. The van der Waals surface area contributed by atoms with Crippen molar-refractivity contribution in [2.24, 2.45) is 11.8 Å². The monoisotopic (exact) mass is 298 g/mol. The van der Waals surface area contributed by atoms with E-state index in [2.05, 4.69) is 28.0 Å². The van der Waals surface area contributed by atoms with Gasteiger partial charge in [0.1, 0.15) is 5.69 Å². The average molecular weight is 299 g/mol. The van der Waals surface area contributed by atoms with Crippen LogP contribution in [0.1, 0.15) is 56.6 Å². The quantitative estimate of drug-likeness (QED) is 0.795. The van der Waals surface area contributed by atoms with Crippen LogP contribution in [0.25, 0.3) is 0 Å². The maximum atomic E-state index is 12.6. The third kappa shape index (κ3) is 2.32. The lowest BCUT2D eigenvalue weighted by Gasteiger charge is -2.17. The molecule has 17 heavy (non-hydrogen) atoms. The Morgan fingerprint density at radius 2 is 2.24 bits per heavy atom. The number of carbonyl (C=O) groups excluding carboxylic acids is 1. The number of rotatable bonds is 3. The number of aromatic nitrogens is 2. The smallest absolute Gasteiger partial charge is 0.185 e. The molecule has 2 atom stereocenters. The summed E-state index contributed by atoms with van der Waals surface area (Å²) in [6.07, 6.45) is 5.09. The average Bonchev–Trinajstić information content (AvgIpc) is 2.83. The molecule has 0 radical (unpaired) electrons. The van der Waals surface area contributed by atoms with Crippen molar-refractivity contribution in [1.82, 2.24) is 9.78 Å². The largest absolute Gasteiger partial charge is 0.292 e. The van der Waals surface area contributed by atoms with Crippen LogP contribution in [0.5, 0.6) is 0 Å². The van der Waals surface area contributed by atoms with E-state index in [-0.39, 0.29) is 17.7 Å². The molecule has 0 aliphatic heterocycles. The number of carbonyl (C=O) groups is 1. The number of nitrogens with zero attached hydrogens (tertiary/aromatic N) is 2. The fourth-order valence-electron chi connectivity index (χ4n) is 2.67. The molecule has 0 amide bonds. The molecule has 1 fully saturated rings. The highest BCUT2D eigenvalue weighted by molar-refractivity contribution is 9.10. The molecule has 0 spiro atoms. The minimum absolute atomic E-state index is 0.181. The van der Waals surface area contributed by atoms with E-state index in [9.17, 15) is 4.79 Å². The Hall–Kier alpha value is -0.640. The van der Waals surface area contributed by atoms with Gasteiger partial charge in [-0.3, -0.25) is 9.48 Å². The molecule has 0 N–H and O–H groups in total. The number of hydrogen-bond donors (Lipinski definition) is 0. The van der Waals surface area contributed by atoms with Crippen molar-refractivity contribution in [2.45, 2.75) is 46.1 Å². The van der Waals surface area contributed by atoms with Gasteiger partial charge in [0.2, 0.25) is 0 Å². The van der Waals surface area contributed by atoms with Crippen LogP contribution in [0.3, 0.4) is 0 Å². The zero-order valence-corrected chi connectivity index (χ0v) is 12.2. The van der Waals surface area contributed by atoms with E-state index >= 15 is 0 Å². The molecule has 1 aliphatic carbocycles.